The summed E-state index contributed by atoms with van der Waals surface area (Å²) in [5.41, 5.74) is 0. The molecule has 0 radical (unpaired) electrons. The van der Waals surface area contributed by atoms with E-state index in [1.54, 1.807) is 0 Å². The second kappa shape index (κ2) is 5.70. The van der Waals surface area contributed by atoms with Crippen LogP contribution >= 0.6 is 24.0 Å². The molecule has 0 amide bonds. The van der Waals surface area contributed by atoms with Gasteiger partial charge >= 0.3 is 0 Å². The lowest BCUT2D eigenvalue weighted by Crippen LogP contribution is -2.43. The Labute approximate surface area is 90.4 Å². The predicted molar refractivity (Wildman–Crippen MR) is 64.4 cm³/mol. The first-order valence-electron chi connectivity index (χ1n) is 4.83. The van der Waals surface area contributed by atoms with Gasteiger partial charge in [0.2, 0.25) is 0 Å². The van der Waals surface area contributed by atoms with Crippen LogP contribution in [-0.2, 0) is 0 Å². The summed E-state index contributed by atoms with van der Waals surface area (Å²) in [6.45, 7) is 6.46. The zero-order valence-corrected chi connectivity index (χ0v) is 10.0. The second-order valence-electron chi connectivity index (χ2n) is 3.56. The van der Waals surface area contributed by atoms with Gasteiger partial charge in [-0.25, -0.2) is 0 Å². The van der Waals surface area contributed by atoms with Crippen molar-refractivity contribution in [2.24, 2.45) is 0 Å². The molecular formula is C9H18N2S2. The Morgan fingerprint density at radius 3 is 2.85 bits per heavy atom. The predicted octanol–water partition coefficient (Wildman–Crippen LogP) is 1.71. The van der Waals surface area contributed by atoms with Crippen LogP contribution in [0.3, 0.4) is 0 Å². The van der Waals surface area contributed by atoms with E-state index >= 15 is 0 Å². The zero-order valence-electron chi connectivity index (χ0n) is 8.38. The van der Waals surface area contributed by atoms with Gasteiger partial charge in [0.25, 0.3) is 0 Å². The molecule has 1 rings (SSSR count). The maximum Gasteiger partial charge on any atom is 0.169 e. The van der Waals surface area contributed by atoms with Crippen molar-refractivity contribution in [3.8, 4) is 0 Å². The van der Waals surface area contributed by atoms with Crippen molar-refractivity contribution in [2.45, 2.75) is 26.3 Å². The number of thiocarbonyl (C=S) groups is 1. The Morgan fingerprint density at radius 1 is 1.38 bits per heavy atom. The average Bonchev–Trinajstić information content (AvgIpc) is 2.29. The topological polar surface area (TPSA) is 15.3 Å². The zero-order chi connectivity index (χ0) is 9.68. The number of nitrogens with one attached hydrogen (secondary N) is 1. The number of rotatable bonds is 1. The van der Waals surface area contributed by atoms with Crippen molar-refractivity contribution in [2.75, 3.05) is 24.6 Å². The van der Waals surface area contributed by atoms with Crippen LogP contribution in [0.2, 0.25) is 0 Å². The smallest absolute Gasteiger partial charge is 0.169 e. The van der Waals surface area contributed by atoms with Crippen LogP contribution in [0.25, 0.3) is 0 Å². The summed E-state index contributed by atoms with van der Waals surface area (Å²) in [5, 5.41) is 4.22. The van der Waals surface area contributed by atoms with E-state index in [-0.39, 0.29) is 0 Å². The third-order valence-corrected chi connectivity index (χ3v) is 3.35. The SMILES string of the molecule is CC(C)NC(=S)N1CCCSCC1. The van der Waals surface area contributed by atoms with Crippen LogP contribution in [0.4, 0.5) is 0 Å². The lowest BCUT2D eigenvalue weighted by molar-refractivity contribution is 0.436. The third kappa shape index (κ3) is 4.18. The lowest BCUT2D eigenvalue weighted by Gasteiger charge is -2.25. The maximum absolute atomic E-state index is 5.32. The summed E-state index contributed by atoms with van der Waals surface area (Å²) in [6, 6.07) is 0.448. The molecule has 0 aromatic carbocycles. The second-order valence-corrected chi connectivity index (χ2v) is 5.17. The van der Waals surface area contributed by atoms with Crippen LogP contribution in [0.5, 0.6) is 0 Å². The number of nitrogens with zero attached hydrogens (tertiary/aromatic N) is 1. The highest BCUT2D eigenvalue weighted by atomic mass is 32.2. The minimum absolute atomic E-state index is 0.448. The standard InChI is InChI=1S/C9H18N2S2/c1-8(2)10-9(12)11-4-3-6-13-7-5-11/h8H,3-7H2,1-2H3,(H,10,12). The molecule has 1 aliphatic heterocycles. The summed E-state index contributed by atoms with van der Waals surface area (Å²) in [6.07, 6.45) is 1.25. The first-order chi connectivity index (χ1) is 6.20. The molecule has 76 valence electrons. The molecule has 2 nitrogen and oxygen atoms in total. The number of thioether (sulfide) groups is 1. The molecule has 0 atom stereocenters. The van der Waals surface area contributed by atoms with Crippen molar-refractivity contribution in [3.63, 3.8) is 0 Å². The number of hydrogen-bond donors (Lipinski definition) is 1. The monoisotopic (exact) mass is 218 g/mol. The Morgan fingerprint density at radius 2 is 2.15 bits per heavy atom. The fourth-order valence-corrected chi connectivity index (χ4v) is 2.59. The Bertz CT molecular complexity index is 163. The molecule has 0 saturated carbocycles. The van der Waals surface area contributed by atoms with E-state index < -0.39 is 0 Å². The van der Waals surface area contributed by atoms with Gasteiger partial charge in [-0.15, -0.1) is 0 Å². The molecular weight excluding hydrogens is 200 g/mol. The van der Waals surface area contributed by atoms with Gasteiger partial charge in [0.15, 0.2) is 5.11 Å². The van der Waals surface area contributed by atoms with Gasteiger partial charge < -0.3 is 10.2 Å². The molecule has 1 fully saturated rings. The Kier molecular flexibility index (Phi) is 4.88. The van der Waals surface area contributed by atoms with Crippen LogP contribution in [0.1, 0.15) is 20.3 Å². The van der Waals surface area contributed by atoms with E-state index in [2.05, 4.69) is 24.1 Å². The normalized spacial score (nSPS) is 18.5. The lowest BCUT2D eigenvalue weighted by atomic mass is 10.4. The van der Waals surface area contributed by atoms with Crippen LogP contribution in [0, 0.1) is 0 Å². The van der Waals surface area contributed by atoms with Crippen molar-refractivity contribution >= 4 is 29.1 Å². The van der Waals surface area contributed by atoms with E-state index in [1.807, 2.05) is 11.8 Å². The molecule has 0 bridgehead atoms. The quantitative estimate of drug-likeness (QED) is 0.674. The minimum atomic E-state index is 0.448. The van der Waals surface area contributed by atoms with Crippen LogP contribution in [0.15, 0.2) is 0 Å². The molecule has 0 unspecified atom stereocenters. The van der Waals surface area contributed by atoms with Gasteiger partial charge in [-0.2, -0.15) is 11.8 Å². The summed E-state index contributed by atoms with van der Waals surface area (Å²) < 4.78 is 0. The van der Waals surface area contributed by atoms with E-state index in [9.17, 15) is 0 Å². The summed E-state index contributed by atoms with van der Waals surface area (Å²) >= 11 is 7.34. The molecule has 0 aliphatic carbocycles. The van der Waals surface area contributed by atoms with E-state index in [4.69, 9.17) is 12.2 Å². The molecule has 1 heterocycles. The van der Waals surface area contributed by atoms with Crippen LogP contribution in [-0.4, -0.2) is 40.6 Å². The van der Waals surface area contributed by atoms with Crippen LogP contribution < -0.4 is 5.32 Å². The molecule has 1 saturated heterocycles. The van der Waals surface area contributed by atoms with Crippen molar-refractivity contribution < 1.29 is 0 Å². The van der Waals surface area contributed by atoms with Gasteiger partial charge in [0, 0.05) is 24.9 Å². The van der Waals surface area contributed by atoms with Gasteiger partial charge in [0.1, 0.15) is 0 Å². The maximum atomic E-state index is 5.32. The fraction of sp³-hybridized carbons (Fsp3) is 0.889. The van der Waals surface area contributed by atoms with Gasteiger partial charge in [-0.1, -0.05) is 0 Å². The highest BCUT2D eigenvalue weighted by Crippen LogP contribution is 2.09. The first-order valence-corrected chi connectivity index (χ1v) is 6.39. The Hall–Kier alpha value is 0.0400. The highest BCUT2D eigenvalue weighted by Gasteiger charge is 2.12. The number of hydrogen-bond acceptors (Lipinski definition) is 2. The average molecular weight is 218 g/mol. The summed E-state index contributed by atoms with van der Waals surface area (Å²) in [4.78, 5) is 2.29. The first kappa shape index (κ1) is 11.1. The molecule has 0 aromatic rings. The van der Waals surface area contributed by atoms with E-state index in [1.165, 1.54) is 17.9 Å². The summed E-state index contributed by atoms with van der Waals surface area (Å²) in [5.74, 6) is 2.49. The minimum Gasteiger partial charge on any atom is -0.360 e. The molecule has 0 spiro atoms. The Balaban J connectivity index is 2.35. The fourth-order valence-electron chi connectivity index (χ4n) is 1.29. The molecule has 1 aliphatic rings. The molecule has 0 aromatic heterocycles. The largest absolute Gasteiger partial charge is 0.360 e. The summed E-state index contributed by atoms with van der Waals surface area (Å²) in [7, 11) is 0. The van der Waals surface area contributed by atoms with Gasteiger partial charge in [0.05, 0.1) is 0 Å². The highest BCUT2D eigenvalue weighted by molar-refractivity contribution is 7.99. The van der Waals surface area contributed by atoms with Gasteiger partial charge in [-0.05, 0) is 38.2 Å². The molecule has 13 heavy (non-hydrogen) atoms. The van der Waals surface area contributed by atoms with Crippen molar-refractivity contribution in [1.29, 1.82) is 0 Å². The third-order valence-electron chi connectivity index (χ3n) is 1.92. The molecule has 4 heteroatoms. The van der Waals surface area contributed by atoms with E-state index in [0.717, 1.165) is 18.2 Å². The molecule has 1 N–H and O–H groups in total. The van der Waals surface area contributed by atoms with Crippen molar-refractivity contribution in [3.05, 3.63) is 0 Å². The van der Waals surface area contributed by atoms with E-state index in [0.29, 0.717) is 6.04 Å². The van der Waals surface area contributed by atoms with Gasteiger partial charge in [-0.3, -0.25) is 0 Å². The van der Waals surface area contributed by atoms with Crippen molar-refractivity contribution in [1.82, 2.24) is 10.2 Å².